The third-order valence-corrected chi connectivity index (χ3v) is 5.04. The molecule has 2 aromatic carbocycles. The molecule has 2 heterocycles. The zero-order valence-corrected chi connectivity index (χ0v) is 21.6. The highest BCUT2D eigenvalue weighted by atomic mass is 79.9. The lowest BCUT2D eigenvalue weighted by atomic mass is 10.2. The maximum Gasteiger partial charge on any atom is 0.338 e. The number of carbonyl (C=O) groups is 1. The van der Waals surface area contributed by atoms with E-state index in [1.54, 1.807) is 82.1 Å². The van der Waals surface area contributed by atoms with E-state index in [2.05, 4.69) is 25.9 Å². The molecule has 0 atom stereocenters. The van der Waals surface area contributed by atoms with Crippen LogP contribution in [0.5, 0.6) is 34.8 Å². The Morgan fingerprint density at radius 3 is 1.64 bits per heavy atom. The van der Waals surface area contributed by atoms with Crippen molar-refractivity contribution >= 4 is 21.9 Å². The fourth-order valence-electron chi connectivity index (χ4n) is 2.77. The van der Waals surface area contributed by atoms with Crippen molar-refractivity contribution in [3.05, 3.63) is 95.2 Å². The summed E-state index contributed by atoms with van der Waals surface area (Å²) in [4.78, 5) is 19.7. The quantitative estimate of drug-likeness (QED) is 0.223. The van der Waals surface area contributed by atoms with Crippen molar-refractivity contribution in [3.63, 3.8) is 0 Å². The van der Waals surface area contributed by atoms with Crippen LogP contribution in [0.15, 0.2) is 89.7 Å². The van der Waals surface area contributed by atoms with Crippen LogP contribution in [0.3, 0.4) is 0 Å². The molecule has 0 radical (unpaired) electrons. The van der Waals surface area contributed by atoms with Gasteiger partial charge < -0.3 is 23.7 Å². The lowest BCUT2D eigenvalue weighted by Gasteiger charge is -2.07. The van der Waals surface area contributed by atoms with Crippen LogP contribution in [-0.2, 0) is 4.74 Å². The molecule has 0 saturated carbocycles. The number of methoxy groups -OCH3 is 2. The van der Waals surface area contributed by atoms with Crippen LogP contribution in [0.25, 0.3) is 0 Å². The van der Waals surface area contributed by atoms with Crippen molar-refractivity contribution in [2.24, 2.45) is 0 Å². The van der Waals surface area contributed by atoms with Crippen LogP contribution in [0.2, 0.25) is 0 Å². The van der Waals surface area contributed by atoms with Gasteiger partial charge >= 0.3 is 5.97 Å². The van der Waals surface area contributed by atoms with Crippen molar-refractivity contribution in [1.82, 2.24) is 9.97 Å². The number of aromatic nitrogens is 2. The van der Waals surface area contributed by atoms with Crippen molar-refractivity contribution in [2.45, 2.75) is 6.92 Å². The molecule has 9 heteroatoms. The summed E-state index contributed by atoms with van der Waals surface area (Å²) in [7, 11) is 3.19. The summed E-state index contributed by atoms with van der Waals surface area (Å²) in [5.41, 5.74) is 0.484. The largest absolute Gasteiger partial charge is 0.497 e. The second kappa shape index (κ2) is 13.7. The Hall–Kier alpha value is -4.11. The number of halogens is 1. The maximum absolute atomic E-state index is 11.5. The van der Waals surface area contributed by atoms with E-state index in [1.807, 2.05) is 24.3 Å². The van der Waals surface area contributed by atoms with Gasteiger partial charge in [-0.15, -0.1) is 0 Å². The monoisotopic (exact) mass is 552 g/mol. The molecule has 0 N–H and O–H groups in total. The van der Waals surface area contributed by atoms with Crippen LogP contribution < -0.4 is 18.9 Å². The summed E-state index contributed by atoms with van der Waals surface area (Å²) in [6.45, 7) is 2.12. The van der Waals surface area contributed by atoms with E-state index < -0.39 is 0 Å². The molecule has 0 fully saturated rings. The minimum absolute atomic E-state index is 0.349. The minimum atomic E-state index is -0.349. The Kier molecular flexibility index (Phi) is 10.1. The fraction of sp³-hybridized carbons (Fsp3) is 0.148. The number of hydrogen-bond acceptors (Lipinski definition) is 8. The average molecular weight is 553 g/mol. The normalized spacial score (nSPS) is 9.89. The third-order valence-electron chi connectivity index (χ3n) is 4.51. The number of carbonyl (C=O) groups excluding carboxylic acids is 1. The van der Waals surface area contributed by atoms with Gasteiger partial charge in [0.2, 0.25) is 11.8 Å². The van der Waals surface area contributed by atoms with Crippen molar-refractivity contribution in [1.29, 1.82) is 0 Å². The van der Waals surface area contributed by atoms with E-state index in [0.29, 0.717) is 35.4 Å². The molecular weight excluding hydrogens is 528 g/mol. The van der Waals surface area contributed by atoms with Crippen LogP contribution in [0, 0.1) is 0 Å². The second-order valence-electron chi connectivity index (χ2n) is 6.97. The first-order valence-corrected chi connectivity index (χ1v) is 11.7. The fourth-order valence-corrected chi connectivity index (χ4v) is 3.03. The van der Waals surface area contributed by atoms with Gasteiger partial charge in [-0.05, 0) is 67.6 Å². The number of esters is 1. The predicted octanol–water partition coefficient (Wildman–Crippen LogP) is 6.70. The lowest BCUT2D eigenvalue weighted by molar-refractivity contribution is 0.0526. The van der Waals surface area contributed by atoms with Gasteiger partial charge in [0.1, 0.15) is 23.0 Å². The Labute approximate surface area is 217 Å². The first kappa shape index (κ1) is 26.5. The zero-order chi connectivity index (χ0) is 25.8. The molecule has 0 spiro atoms. The number of nitrogens with zero attached hydrogens (tertiary/aromatic N) is 2. The van der Waals surface area contributed by atoms with Gasteiger partial charge in [0.15, 0.2) is 0 Å². The summed E-state index contributed by atoms with van der Waals surface area (Å²) in [6, 6.07) is 21.1. The predicted molar refractivity (Wildman–Crippen MR) is 138 cm³/mol. The highest BCUT2D eigenvalue weighted by Crippen LogP contribution is 2.24. The number of pyridine rings is 2. The van der Waals surface area contributed by atoms with Crippen molar-refractivity contribution < 1.29 is 28.5 Å². The van der Waals surface area contributed by atoms with Gasteiger partial charge in [0, 0.05) is 29.0 Å². The van der Waals surface area contributed by atoms with Gasteiger partial charge in [-0.25, -0.2) is 14.8 Å². The average Bonchev–Trinajstić information content (AvgIpc) is 2.91. The number of rotatable bonds is 8. The topological polar surface area (TPSA) is 89.0 Å². The molecule has 0 unspecified atom stereocenters. The van der Waals surface area contributed by atoms with E-state index in [0.717, 1.165) is 16.0 Å². The minimum Gasteiger partial charge on any atom is -0.497 e. The summed E-state index contributed by atoms with van der Waals surface area (Å²) in [6.07, 6.45) is 3.24. The summed E-state index contributed by atoms with van der Waals surface area (Å²) in [5, 5.41) is 0. The van der Waals surface area contributed by atoms with E-state index in [-0.39, 0.29) is 5.97 Å². The first-order chi connectivity index (χ1) is 17.5. The van der Waals surface area contributed by atoms with E-state index >= 15 is 0 Å². The lowest BCUT2D eigenvalue weighted by Crippen LogP contribution is -2.04. The molecule has 0 bridgehead atoms. The molecule has 0 amide bonds. The highest BCUT2D eigenvalue weighted by Gasteiger charge is 2.07. The van der Waals surface area contributed by atoms with E-state index in [1.165, 1.54) is 0 Å². The molecule has 0 saturated heterocycles. The molecule has 4 rings (SSSR count). The second-order valence-corrected chi connectivity index (χ2v) is 7.89. The SMILES string of the molecule is CCOC(=O)c1ccc(Oc2cc(OC)ccn2)cc1.COc1ccnc(Oc2ccc(Br)cc2)c1. The van der Waals surface area contributed by atoms with Crippen LogP contribution in [0.1, 0.15) is 17.3 Å². The number of ether oxygens (including phenoxy) is 5. The Balaban J connectivity index is 0.000000205. The molecule has 8 nitrogen and oxygen atoms in total. The maximum atomic E-state index is 11.5. The molecule has 4 aromatic rings. The van der Waals surface area contributed by atoms with E-state index in [4.69, 9.17) is 23.7 Å². The Bertz CT molecular complexity index is 1250. The van der Waals surface area contributed by atoms with Gasteiger partial charge in [-0.3, -0.25) is 0 Å². The van der Waals surface area contributed by atoms with Crippen molar-refractivity contribution in [3.8, 4) is 34.8 Å². The first-order valence-electron chi connectivity index (χ1n) is 10.9. The van der Waals surface area contributed by atoms with Crippen LogP contribution in [0.4, 0.5) is 0 Å². The highest BCUT2D eigenvalue weighted by molar-refractivity contribution is 9.10. The van der Waals surface area contributed by atoms with Gasteiger partial charge in [-0.1, -0.05) is 15.9 Å². The van der Waals surface area contributed by atoms with Gasteiger partial charge in [0.05, 0.1) is 26.4 Å². The summed E-state index contributed by atoms with van der Waals surface area (Å²) >= 11 is 3.36. The van der Waals surface area contributed by atoms with Crippen LogP contribution in [-0.4, -0.2) is 36.8 Å². The summed E-state index contributed by atoms with van der Waals surface area (Å²) < 4.78 is 27.2. The van der Waals surface area contributed by atoms with Crippen molar-refractivity contribution in [2.75, 3.05) is 20.8 Å². The third kappa shape index (κ3) is 8.28. The molecule has 0 aliphatic rings. The van der Waals surface area contributed by atoms with Gasteiger partial charge in [-0.2, -0.15) is 0 Å². The van der Waals surface area contributed by atoms with Gasteiger partial charge in [0.25, 0.3) is 0 Å². The van der Waals surface area contributed by atoms with E-state index in [9.17, 15) is 4.79 Å². The van der Waals surface area contributed by atoms with Crippen LogP contribution >= 0.6 is 15.9 Å². The molecule has 2 aromatic heterocycles. The Morgan fingerprint density at radius 1 is 0.722 bits per heavy atom. The standard InChI is InChI=1S/C15H15NO4.C12H10BrNO2/c1-3-19-15(17)11-4-6-12(7-5-11)20-14-10-13(18-2)8-9-16-14;1-15-11-6-7-14-12(8-11)16-10-4-2-9(13)3-5-10/h4-10H,3H2,1-2H3;2-8H,1H3. The summed E-state index contributed by atoms with van der Waals surface area (Å²) in [5.74, 6) is 3.30. The molecule has 186 valence electrons. The Morgan fingerprint density at radius 2 is 1.19 bits per heavy atom. The molecule has 0 aliphatic carbocycles. The number of hydrogen-bond donors (Lipinski definition) is 0. The molecule has 0 aliphatic heterocycles. The molecular formula is C27H25BrN2O6. The molecule has 36 heavy (non-hydrogen) atoms. The zero-order valence-electron chi connectivity index (χ0n) is 20.0. The smallest absolute Gasteiger partial charge is 0.338 e. The number of benzene rings is 2.